The Labute approximate surface area is 96.0 Å². The average molecular weight is 274 g/mol. The third kappa shape index (κ3) is 2.41. The van der Waals surface area contributed by atoms with E-state index in [0.29, 0.717) is 18.2 Å². The molecule has 1 saturated heterocycles. The highest BCUT2D eigenvalue weighted by molar-refractivity contribution is 9.10. The van der Waals surface area contributed by atoms with Crippen molar-refractivity contribution in [3.05, 3.63) is 22.4 Å². The van der Waals surface area contributed by atoms with Gasteiger partial charge >= 0.3 is 5.97 Å². The highest BCUT2D eigenvalue weighted by Crippen LogP contribution is 2.20. The largest absolute Gasteiger partial charge is 0.477 e. The second kappa shape index (κ2) is 4.37. The Balaban J connectivity index is 2.15. The quantitative estimate of drug-likeness (QED) is 0.917. The molecule has 1 N–H and O–H groups in total. The number of halogens is 1. The van der Waals surface area contributed by atoms with Gasteiger partial charge in [0, 0.05) is 29.7 Å². The van der Waals surface area contributed by atoms with Crippen LogP contribution < -0.4 is 0 Å². The van der Waals surface area contributed by atoms with E-state index in [2.05, 4.69) is 15.9 Å². The van der Waals surface area contributed by atoms with E-state index in [-0.39, 0.29) is 0 Å². The van der Waals surface area contributed by atoms with Gasteiger partial charge in [-0.2, -0.15) is 0 Å². The summed E-state index contributed by atoms with van der Waals surface area (Å²) >= 11 is 3.29. The van der Waals surface area contributed by atoms with Gasteiger partial charge in [0.25, 0.3) is 0 Å². The van der Waals surface area contributed by atoms with Crippen LogP contribution in [0.2, 0.25) is 0 Å². The van der Waals surface area contributed by atoms with Crippen molar-refractivity contribution in [2.45, 2.75) is 13.0 Å². The van der Waals surface area contributed by atoms with Gasteiger partial charge < -0.3 is 14.4 Å². The lowest BCUT2D eigenvalue weighted by molar-refractivity contribution is 0.0683. The first kappa shape index (κ1) is 10.7. The van der Waals surface area contributed by atoms with Crippen molar-refractivity contribution in [2.24, 2.45) is 5.92 Å². The van der Waals surface area contributed by atoms with Crippen molar-refractivity contribution in [1.82, 2.24) is 4.57 Å². The van der Waals surface area contributed by atoms with Gasteiger partial charge in [0.15, 0.2) is 0 Å². The Morgan fingerprint density at radius 1 is 1.73 bits per heavy atom. The Bertz CT molecular complexity index is 369. The van der Waals surface area contributed by atoms with Crippen LogP contribution in [0.3, 0.4) is 0 Å². The maximum Gasteiger partial charge on any atom is 0.352 e. The first-order valence-corrected chi connectivity index (χ1v) is 5.63. The summed E-state index contributed by atoms with van der Waals surface area (Å²) < 4.78 is 7.84. The zero-order chi connectivity index (χ0) is 10.8. The number of ether oxygens (including phenoxy) is 1. The molecule has 82 valence electrons. The number of carboxylic acids is 1. The van der Waals surface area contributed by atoms with E-state index in [9.17, 15) is 4.79 Å². The van der Waals surface area contributed by atoms with Gasteiger partial charge in [-0.1, -0.05) is 0 Å². The third-order valence-corrected chi connectivity index (χ3v) is 2.99. The van der Waals surface area contributed by atoms with Gasteiger partial charge in [-0.15, -0.1) is 0 Å². The third-order valence-electron chi connectivity index (χ3n) is 2.56. The molecule has 2 heterocycles. The smallest absolute Gasteiger partial charge is 0.352 e. The summed E-state index contributed by atoms with van der Waals surface area (Å²) in [5, 5.41) is 8.98. The van der Waals surface area contributed by atoms with Crippen molar-refractivity contribution in [1.29, 1.82) is 0 Å². The van der Waals surface area contributed by atoms with Crippen LogP contribution in [0, 0.1) is 5.92 Å². The molecular formula is C10H12BrNO3. The Kier molecular flexibility index (Phi) is 3.11. The summed E-state index contributed by atoms with van der Waals surface area (Å²) in [4.78, 5) is 10.9. The predicted octanol–water partition coefficient (Wildman–Crippen LogP) is 1.99. The van der Waals surface area contributed by atoms with Crippen LogP contribution in [-0.2, 0) is 11.3 Å². The molecule has 0 spiro atoms. The van der Waals surface area contributed by atoms with Crippen LogP contribution in [-0.4, -0.2) is 28.9 Å². The van der Waals surface area contributed by atoms with Crippen molar-refractivity contribution < 1.29 is 14.6 Å². The molecule has 0 bridgehead atoms. The summed E-state index contributed by atoms with van der Waals surface area (Å²) in [6, 6.07) is 1.62. The van der Waals surface area contributed by atoms with Gasteiger partial charge in [0.2, 0.25) is 0 Å². The van der Waals surface area contributed by atoms with E-state index in [0.717, 1.165) is 24.1 Å². The maximum absolute atomic E-state index is 10.9. The first-order chi connectivity index (χ1) is 7.16. The van der Waals surface area contributed by atoms with Gasteiger partial charge in [-0.05, 0) is 28.4 Å². The van der Waals surface area contributed by atoms with Gasteiger partial charge in [-0.25, -0.2) is 4.79 Å². The molecular weight excluding hydrogens is 262 g/mol. The molecule has 0 amide bonds. The molecule has 1 aromatic heterocycles. The Morgan fingerprint density at radius 2 is 2.53 bits per heavy atom. The van der Waals surface area contributed by atoms with E-state index in [1.807, 2.05) is 6.20 Å². The number of hydrogen-bond acceptors (Lipinski definition) is 2. The lowest BCUT2D eigenvalue weighted by atomic mass is 10.1. The minimum atomic E-state index is -0.889. The highest BCUT2D eigenvalue weighted by atomic mass is 79.9. The summed E-state index contributed by atoms with van der Waals surface area (Å²) in [6.07, 6.45) is 2.82. The number of nitrogens with zero attached hydrogens (tertiary/aromatic N) is 1. The van der Waals surface area contributed by atoms with Crippen molar-refractivity contribution in [3.8, 4) is 0 Å². The number of aromatic nitrogens is 1. The fourth-order valence-corrected chi connectivity index (χ4v) is 2.27. The van der Waals surface area contributed by atoms with Crippen LogP contribution >= 0.6 is 15.9 Å². The van der Waals surface area contributed by atoms with E-state index >= 15 is 0 Å². The van der Waals surface area contributed by atoms with Gasteiger partial charge in [0.1, 0.15) is 5.69 Å². The molecule has 0 aromatic carbocycles. The molecule has 1 aliphatic rings. The lowest BCUT2D eigenvalue weighted by Crippen LogP contribution is -2.14. The van der Waals surface area contributed by atoms with Crippen molar-refractivity contribution in [3.63, 3.8) is 0 Å². The van der Waals surface area contributed by atoms with Crippen molar-refractivity contribution >= 4 is 21.9 Å². The molecule has 1 aliphatic heterocycles. The van der Waals surface area contributed by atoms with Crippen LogP contribution in [0.1, 0.15) is 16.9 Å². The Hall–Kier alpha value is -0.810. The first-order valence-electron chi connectivity index (χ1n) is 4.83. The minimum Gasteiger partial charge on any atom is -0.477 e. The number of carboxylic acid groups (broad SMARTS) is 1. The zero-order valence-electron chi connectivity index (χ0n) is 8.15. The molecule has 0 radical (unpaired) electrons. The molecule has 0 saturated carbocycles. The second-order valence-corrected chi connectivity index (χ2v) is 4.65. The minimum absolute atomic E-state index is 0.328. The lowest BCUT2D eigenvalue weighted by Gasteiger charge is -2.10. The summed E-state index contributed by atoms with van der Waals surface area (Å²) in [5.41, 5.74) is 0.328. The number of aromatic carboxylic acids is 1. The number of carbonyl (C=O) groups is 1. The van der Waals surface area contributed by atoms with Gasteiger partial charge in [0.05, 0.1) is 6.61 Å². The number of hydrogen-bond donors (Lipinski definition) is 1. The van der Waals surface area contributed by atoms with E-state index in [4.69, 9.17) is 9.84 Å². The van der Waals surface area contributed by atoms with E-state index < -0.39 is 5.97 Å². The molecule has 1 fully saturated rings. The van der Waals surface area contributed by atoms with Crippen LogP contribution in [0.25, 0.3) is 0 Å². The molecule has 15 heavy (non-hydrogen) atoms. The van der Waals surface area contributed by atoms with Crippen molar-refractivity contribution in [2.75, 3.05) is 13.2 Å². The SMILES string of the molecule is O=C(O)c1cc(Br)cn1CC1CCOC1. The number of rotatable bonds is 3. The van der Waals surface area contributed by atoms with Crippen LogP contribution in [0.15, 0.2) is 16.7 Å². The second-order valence-electron chi connectivity index (χ2n) is 3.73. The zero-order valence-corrected chi connectivity index (χ0v) is 9.74. The van der Waals surface area contributed by atoms with Crippen LogP contribution in [0.4, 0.5) is 0 Å². The Morgan fingerprint density at radius 3 is 3.13 bits per heavy atom. The molecule has 4 nitrogen and oxygen atoms in total. The molecule has 1 aromatic rings. The van der Waals surface area contributed by atoms with Crippen LogP contribution in [0.5, 0.6) is 0 Å². The molecule has 0 aliphatic carbocycles. The average Bonchev–Trinajstić information content (AvgIpc) is 2.75. The molecule has 2 rings (SSSR count). The topological polar surface area (TPSA) is 51.5 Å². The predicted molar refractivity (Wildman–Crippen MR) is 58.0 cm³/mol. The standard InChI is InChI=1S/C10H12BrNO3/c11-8-3-9(10(13)14)12(5-8)4-7-1-2-15-6-7/h3,5,7H,1-2,4,6H2,(H,13,14). The summed E-state index contributed by atoms with van der Waals surface area (Å²) in [7, 11) is 0. The van der Waals surface area contributed by atoms with Gasteiger partial charge in [-0.3, -0.25) is 0 Å². The molecule has 1 atom stereocenters. The molecule has 1 unspecified atom stereocenters. The fourth-order valence-electron chi connectivity index (χ4n) is 1.81. The maximum atomic E-state index is 10.9. The monoisotopic (exact) mass is 273 g/mol. The normalized spacial score (nSPS) is 20.7. The fraction of sp³-hybridized carbons (Fsp3) is 0.500. The summed E-state index contributed by atoms with van der Waals surface area (Å²) in [5.74, 6) is -0.456. The van der Waals surface area contributed by atoms with E-state index in [1.165, 1.54) is 0 Å². The summed E-state index contributed by atoms with van der Waals surface area (Å²) in [6.45, 7) is 2.23. The van der Waals surface area contributed by atoms with E-state index in [1.54, 1.807) is 10.6 Å². The molecule has 5 heteroatoms. The highest BCUT2D eigenvalue weighted by Gasteiger charge is 2.19.